The lowest BCUT2D eigenvalue weighted by atomic mass is 10.0. The Labute approximate surface area is 353 Å². The predicted molar refractivity (Wildman–Crippen MR) is 245 cm³/mol. The highest BCUT2D eigenvalue weighted by atomic mass is 16.5. The Morgan fingerprint density at radius 1 is 0.526 bits per heavy atom. The summed E-state index contributed by atoms with van der Waals surface area (Å²) in [5, 5.41) is 23.7. The molecule has 0 aliphatic rings. The maximum absolute atomic E-state index is 13.1. The van der Waals surface area contributed by atoms with Gasteiger partial charge in [-0.05, 0) is 64.2 Å². The van der Waals surface area contributed by atoms with Crippen LogP contribution in [0.2, 0.25) is 0 Å². The Morgan fingerprint density at radius 2 is 0.982 bits per heavy atom. The number of amides is 1. The number of hydrogen-bond donors (Lipinski definition) is 3. The summed E-state index contributed by atoms with van der Waals surface area (Å²) >= 11 is 0. The molecule has 0 aromatic heterocycles. The normalized spacial score (nSPS) is 13.7. The summed E-state index contributed by atoms with van der Waals surface area (Å²) in [5.41, 5.74) is 0. The molecule has 0 spiro atoms. The van der Waals surface area contributed by atoms with E-state index in [1.54, 1.807) is 0 Å². The van der Waals surface area contributed by atoms with E-state index >= 15 is 0 Å². The van der Waals surface area contributed by atoms with Crippen LogP contribution in [-0.2, 0) is 14.3 Å². The van der Waals surface area contributed by atoms with Crippen LogP contribution in [0.25, 0.3) is 0 Å². The van der Waals surface area contributed by atoms with Crippen LogP contribution in [0.15, 0.2) is 48.6 Å². The van der Waals surface area contributed by atoms with Crippen molar-refractivity contribution >= 4 is 11.9 Å². The second kappa shape index (κ2) is 44.9. The third kappa shape index (κ3) is 40.4. The number of rotatable bonds is 43. The lowest BCUT2D eigenvalue weighted by molar-refractivity contribution is -0.151. The van der Waals surface area contributed by atoms with Gasteiger partial charge in [0.2, 0.25) is 5.91 Å². The zero-order chi connectivity index (χ0) is 41.7. The van der Waals surface area contributed by atoms with Crippen LogP contribution in [0, 0.1) is 0 Å². The first-order chi connectivity index (χ1) is 28.0. The molecule has 0 radical (unpaired) electrons. The summed E-state index contributed by atoms with van der Waals surface area (Å²) in [4.78, 5) is 26.0. The molecule has 3 N–H and O–H groups in total. The van der Waals surface area contributed by atoms with Gasteiger partial charge in [-0.3, -0.25) is 9.59 Å². The fraction of sp³-hybridized carbons (Fsp3) is 0.804. The molecule has 0 fully saturated rings. The summed E-state index contributed by atoms with van der Waals surface area (Å²) in [5.74, 6) is -0.519. The predicted octanol–water partition coefficient (Wildman–Crippen LogP) is 14.3. The van der Waals surface area contributed by atoms with Crippen molar-refractivity contribution in [3.05, 3.63) is 48.6 Å². The van der Waals surface area contributed by atoms with Gasteiger partial charge in [0.05, 0.1) is 25.2 Å². The van der Waals surface area contributed by atoms with Crippen LogP contribution >= 0.6 is 0 Å². The van der Waals surface area contributed by atoms with Crippen molar-refractivity contribution in [1.82, 2.24) is 5.32 Å². The van der Waals surface area contributed by atoms with Crippen LogP contribution in [0.3, 0.4) is 0 Å². The SMILES string of the molecule is CC/C=C/C=C/C=C\CCCCCC(CC(=O)NC(CO)C(O)CCCCCCCCCCCCCCCCCC)OC(=O)CCCCCCC/C=C\CCCC. The topological polar surface area (TPSA) is 95.9 Å². The van der Waals surface area contributed by atoms with Crippen molar-refractivity contribution in [2.24, 2.45) is 0 Å². The van der Waals surface area contributed by atoms with Crippen LogP contribution in [0.5, 0.6) is 0 Å². The highest BCUT2D eigenvalue weighted by molar-refractivity contribution is 5.77. The zero-order valence-corrected chi connectivity index (χ0v) is 37.7. The first-order valence-corrected chi connectivity index (χ1v) is 24.4. The number of nitrogens with one attached hydrogen (secondary N) is 1. The van der Waals surface area contributed by atoms with Crippen LogP contribution in [0.4, 0.5) is 0 Å². The van der Waals surface area contributed by atoms with Gasteiger partial charge in [0.15, 0.2) is 0 Å². The van der Waals surface area contributed by atoms with Gasteiger partial charge in [-0.1, -0.05) is 211 Å². The quantitative estimate of drug-likeness (QED) is 0.0247. The molecule has 0 saturated carbocycles. The van der Waals surface area contributed by atoms with E-state index in [9.17, 15) is 19.8 Å². The van der Waals surface area contributed by atoms with Crippen molar-refractivity contribution in [3.63, 3.8) is 0 Å². The fourth-order valence-corrected chi connectivity index (χ4v) is 7.23. The minimum atomic E-state index is -0.797. The average molecular weight is 800 g/mol. The molecule has 6 heteroatoms. The number of hydrogen-bond acceptors (Lipinski definition) is 5. The number of carbonyl (C=O) groups excluding carboxylic acids is 2. The van der Waals surface area contributed by atoms with Gasteiger partial charge >= 0.3 is 5.97 Å². The third-order valence-corrected chi connectivity index (χ3v) is 11.0. The summed E-state index contributed by atoms with van der Waals surface area (Å²) in [7, 11) is 0. The summed E-state index contributed by atoms with van der Waals surface area (Å²) < 4.78 is 5.88. The van der Waals surface area contributed by atoms with E-state index in [0.29, 0.717) is 19.3 Å². The van der Waals surface area contributed by atoms with Crippen LogP contribution in [0.1, 0.15) is 239 Å². The van der Waals surface area contributed by atoms with Gasteiger partial charge < -0.3 is 20.3 Å². The number of aliphatic hydroxyl groups excluding tert-OH is 2. The molecular formula is C51H93NO5. The molecule has 0 aliphatic heterocycles. The molecule has 3 atom stereocenters. The molecule has 1 amide bonds. The first-order valence-electron chi connectivity index (χ1n) is 24.4. The standard InChI is InChI=1S/C51H93NO5/c1-4-7-10-13-16-19-22-23-24-25-26-29-31-34-37-40-43-49(54)48(46-53)52-50(55)45-47(42-39-36-33-30-27-20-17-14-11-8-5-2)57-51(56)44-41-38-35-32-28-21-18-15-12-9-6-3/h8,11,14-15,17-18,20,27,47-49,53-54H,4-7,9-10,12-13,16,19,21-26,28-46H2,1-3H3,(H,52,55)/b11-8+,17-14+,18-15-,27-20-. The van der Waals surface area contributed by atoms with Gasteiger partial charge in [0.25, 0.3) is 0 Å². The largest absolute Gasteiger partial charge is 0.462 e. The zero-order valence-electron chi connectivity index (χ0n) is 37.7. The molecule has 332 valence electrons. The Bertz CT molecular complexity index is 988. The molecule has 0 saturated heterocycles. The van der Waals surface area contributed by atoms with Crippen molar-refractivity contribution in [2.45, 2.75) is 257 Å². The van der Waals surface area contributed by atoms with Gasteiger partial charge in [0.1, 0.15) is 6.10 Å². The van der Waals surface area contributed by atoms with Crippen molar-refractivity contribution in [3.8, 4) is 0 Å². The van der Waals surface area contributed by atoms with Gasteiger partial charge in [-0.25, -0.2) is 0 Å². The summed E-state index contributed by atoms with van der Waals surface area (Å²) in [6, 6.07) is -0.713. The first kappa shape index (κ1) is 54.8. The van der Waals surface area contributed by atoms with Crippen molar-refractivity contribution in [2.75, 3.05) is 6.61 Å². The highest BCUT2D eigenvalue weighted by Gasteiger charge is 2.24. The molecule has 57 heavy (non-hydrogen) atoms. The summed E-state index contributed by atoms with van der Waals surface area (Å²) in [6.07, 6.45) is 53.2. The van der Waals surface area contributed by atoms with E-state index in [2.05, 4.69) is 62.5 Å². The minimum Gasteiger partial charge on any atom is -0.462 e. The molecule has 0 aromatic carbocycles. The Balaban J connectivity index is 4.53. The van der Waals surface area contributed by atoms with Crippen molar-refractivity contribution in [1.29, 1.82) is 0 Å². The van der Waals surface area contributed by atoms with E-state index in [0.717, 1.165) is 77.0 Å². The number of ether oxygens (including phenoxy) is 1. The number of allylic oxidation sites excluding steroid dienone is 8. The van der Waals surface area contributed by atoms with Crippen LogP contribution < -0.4 is 5.32 Å². The molecule has 0 bridgehead atoms. The smallest absolute Gasteiger partial charge is 0.306 e. The third-order valence-electron chi connectivity index (χ3n) is 11.0. The number of esters is 1. The lowest BCUT2D eigenvalue weighted by Gasteiger charge is -2.24. The lowest BCUT2D eigenvalue weighted by Crippen LogP contribution is -2.46. The maximum atomic E-state index is 13.1. The molecule has 0 rings (SSSR count). The maximum Gasteiger partial charge on any atom is 0.306 e. The van der Waals surface area contributed by atoms with E-state index < -0.39 is 18.2 Å². The van der Waals surface area contributed by atoms with Crippen molar-refractivity contribution < 1.29 is 24.5 Å². The van der Waals surface area contributed by atoms with E-state index in [1.807, 2.05) is 12.2 Å². The Kier molecular flexibility index (Phi) is 43.2. The minimum absolute atomic E-state index is 0.0513. The van der Waals surface area contributed by atoms with Gasteiger partial charge in [-0.2, -0.15) is 0 Å². The fourth-order valence-electron chi connectivity index (χ4n) is 7.23. The number of unbranched alkanes of at least 4 members (excludes halogenated alkanes) is 25. The van der Waals surface area contributed by atoms with Gasteiger partial charge in [-0.15, -0.1) is 0 Å². The molecule has 0 heterocycles. The Morgan fingerprint density at radius 3 is 1.54 bits per heavy atom. The molecule has 0 aromatic rings. The van der Waals surface area contributed by atoms with E-state index in [1.165, 1.54) is 116 Å². The monoisotopic (exact) mass is 800 g/mol. The second-order valence-electron chi connectivity index (χ2n) is 16.5. The van der Waals surface area contributed by atoms with Gasteiger partial charge in [0, 0.05) is 6.42 Å². The molecule has 6 nitrogen and oxygen atoms in total. The van der Waals surface area contributed by atoms with E-state index in [-0.39, 0.29) is 24.9 Å². The van der Waals surface area contributed by atoms with E-state index in [4.69, 9.17) is 4.74 Å². The average Bonchev–Trinajstić information content (AvgIpc) is 3.20. The second-order valence-corrected chi connectivity index (χ2v) is 16.5. The highest BCUT2D eigenvalue weighted by Crippen LogP contribution is 2.17. The molecular weight excluding hydrogens is 707 g/mol. The Hall–Kier alpha value is -2.18. The molecule has 3 unspecified atom stereocenters. The number of aliphatic hydroxyl groups is 2. The summed E-state index contributed by atoms with van der Waals surface area (Å²) in [6.45, 7) is 6.30. The molecule has 0 aliphatic carbocycles. The van der Waals surface area contributed by atoms with Crippen LogP contribution in [-0.4, -0.2) is 46.9 Å². The number of carbonyl (C=O) groups is 2.